The molecule has 1 unspecified atom stereocenters. The van der Waals surface area contributed by atoms with Crippen LogP contribution in [0.2, 0.25) is 0 Å². The van der Waals surface area contributed by atoms with Gasteiger partial charge in [-0.2, -0.15) is 12.6 Å². The zero-order valence-electron chi connectivity index (χ0n) is 15.0. The first-order valence-electron chi connectivity index (χ1n) is 8.53. The van der Waals surface area contributed by atoms with Crippen LogP contribution in [0.4, 0.5) is 0 Å². The monoisotopic (exact) mass is 408 g/mol. The van der Waals surface area contributed by atoms with E-state index in [9.17, 15) is 5.11 Å². The van der Waals surface area contributed by atoms with Crippen molar-refractivity contribution in [3.63, 3.8) is 0 Å². The second-order valence-electron chi connectivity index (χ2n) is 6.09. The van der Waals surface area contributed by atoms with Crippen LogP contribution in [-0.4, -0.2) is 30.8 Å². The molecule has 2 aromatic carbocycles. The Balaban J connectivity index is 2.01. The van der Waals surface area contributed by atoms with E-state index in [0.717, 1.165) is 29.1 Å². The van der Waals surface area contributed by atoms with E-state index >= 15 is 0 Å². The van der Waals surface area contributed by atoms with Crippen molar-refractivity contribution in [1.29, 1.82) is 0 Å². The van der Waals surface area contributed by atoms with Crippen molar-refractivity contribution in [1.82, 2.24) is 0 Å². The lowest BCUT2D eigenvalue weighted by molar-refractivity contribution is 0.162. The summed E-state index contributed by atoms with van der Waals surface area (Å²) in [4.78, 5) is 0. The van der Waals surface area contributed by atoms with E-state index in [2.05, 4.69) is 36.9 Å². The summed E-state index contributed by atoms with van der Waals surface area (Å²) in [5.41, 5.74) is 3.15. The maximum absolute atomic E-state index is 11.4. The molecule has 3 nitrogen and oxygen atoms in total. The third-order valence-electron chi connectivity index (χ3n) is 4.54. The van der Waals surface area contributed by atoms with Gasteiger partial charge in [-0.05, 0) is 46.7 Å². The first-order valence-corrected chi connectivity index (χ1v) is 11.1. The van der Waals surface area contributed by atoms with E-state index in [1.165, 1.54) is 5.56 Å². The third-order valence-corrected chi connectivity index (χ3v) is 8.38. The van der Waals surface area contributed by atoms with E-state index in [-0.39, 0.29) is 0 Å². The molecule has 0 aromatic heterocycles. The van der Waals surface area contributed by atoms with Gasteiger partial charge >= 0.3 is 0 Å². The molecule has 1 aliphatic heterocycles. The summed E-state index contributed by atoms with van der Waals surface area (Å²) in [5.74, 6) is 4.08. The van der Waals surface area contributed by atoms with Gasteiger partial charge in [0.25, 0.3) is 0 Å². The maximum Gasteiger partial charge on any atom is 0.161 e. The molecule has 0 spiro atoms. The van der Waals surface area contributed by atoms with Crippen LogP contribution >= 0.6 is 36.2 Å². The average molecular weight is 409 g/mol. The quantitative estimate of drug-likeness (QED) is 0.666. The molecule has 26 heavy (non-hydrogen) atoms. The molecule has 0 saturated carbocycles. The fraction of sp³-hybridized carbons (Fsp3) is 0.400. The SMILES string of the molecule is COc1ccc(C(O)C2(c3ccc(CS)cc3)SCCCS2)cc1OC. The van der Waals surface area contributed by atoms with Gasteiger partial charge in [0.2, 0.25) is 0 Å². The van der Waals surface area contributed by atoms with E-state index < -0.39 is 10.2 Å². The molecule has 1 heterocycles. The minimum atomic E-state index is -0.653. The lowest BCUT2D eigenvalue weighted by Crippen LogP contribution is -2.30. The molecule has 0 radical (unpaired) electrons. The first kappa shape index (κ1) is 19.8. The van der Waals surface area contributed by atoms with Crippen molar-refractivity contribution in [3.05, 3.63) is 59.2 Å². The summed E-state index contributed by atoms with van der Waals surface area (Å²) in [7, 11) is 3.23. The molecule has 0 amide bonds. The first-order chi connectivity index (χ1) is 12.6. The fourth-order valence-electron chi connectivity index (χ4n) is 3.12. The van der Waals surface area contributed by atoms with Gasteiger partial charge in [0.05, 0.1) is 14.2 Å². The molecular formula is C20H24O3S3. The Morgan fingerprint density at radius 2 is 1.69 bits per heavy atom. The summed E-state index contributed by atoms with van der Waals surface area (Å²) < 4.78 is 10.3. The number of ether oxygens (including phenoxy) is 2. The predicted octanol–water partition coefficient (Wildman–Crippen LogP) is 4.89. The Morgan fingerprint density at radius 3 is 2.27 bits per heavy atom. The van der Waals surface area contributed by atoms with Gasteiger partial charge in [0.1, 0.15) is 10.2 Å². The predicted molar refractivity (Wildman–Crippen MR) is 115 cm³/mol. The fourth-order valence-corrected chi connectivity index (χ4v) is 6.72. The maximum atomic E-state index is 11.4. The minimum Gasteiger partial charge on any atom is -0.493 e. The molecular weight excluding hydrogens is 384 g/mol. The van der Waals surface area contributed by atoms with Crippen LogP contribution in [0.1, 0.15) is 29.2 Å². The van der Waals surface area contributed by atoms with Crippen molar-refractivity contribution in [3.8, 4) is 11.5 Å². The van der Waals surface area contributed by atoms with Crippen LogP contribution in [0.3, 0.4) is 0 Å². The Kier molecular flexibility index (Phi) is 6.72. The number of methoxy groups -OCH3 is 2. The molecule has 1 fully saturated rings. The van der Waals surface area contributed by atoms with E-state index in [1.54, 1.807) is 14.2 Å². The van der Waals surface area contributed by atoms with Crippen molar-refractivity contribution >= 4 is 36.2 Å². The van der Waals surface area contributed by atoms with Gasteiger partial charge in [-0.25, -0.2) is 0 Å². The molecule has 0 bridgehead atoms. The van der Waals surface area contributed by atoms with Crippen molar-refractivity contribution < 1.29 is 14.6 Å². The Morgan fingerprint density at radius 1 is 1.04 bits per heavy atom. The second kappa shape index (κ2) is 8.83. The minimum absolute atomic E-state index is 0.424. The van der Waals surface area contributed by atoms with Gasteiger partial charge in [-0.15, -0.1) is 23.5 Å². The Hall–Kier alpha value is -0.950. The molecule has 3 rings (SSSR count). The molecule has 2 aromatic rings. The number of benzene rings is 2. The summed E-state index contributed by atoms with van der Waals surface area (Å²) in [6.45, 7) is 0. The van der Waals surface area contributed by atoms with Crippen LogP contribution in [-0.2, 0) is 9.83 Å². The Labute approximate surface area is 169 Å². The number of aliphatic hydroxyl groups excluding tert-OH is 1. The highest BCUT2D eigenvalue weighted by Crippen LogP contribution is 2.57. The molecule has 0 aliphatic carbocycles. The van der Waals surface area contributed by atoms with Crippen LogP contribution in [0.5, 0.6) is 11.5 Å². The molecule has 140 valence electrons. The second-order valence-corrected chi connectivity index (χ2v) is 9.35. The van der Waals surface area contributed by atoms with Gasteiger partial charge in [0, 0.05) is 5.75 Å². The third kappa shape index (κ3) is 3.84. The highest BCUT2D eigenvalue weighted by Gasteiger charge is 2.43. The van der Waals surface area contributed by atoms with Crippen molar-refractivity contribution in [2.24, 2.45) is 0 Å². The zero-order chi connectivity index (χ0) is 18.6. The summed E-state index contributed by atoms with van der Waals surface area (Å²) in [6, 6.07) is 14.1. The molecule has 6 heteroatoms. The van der Waals surface area contributed by atoms with Gasteiger partial charge in [-0.1, -0.05) is 30.3 Å². The smallest absolute Gasteiger partial charge is 0.161 e. The highest BCUT2D eigenvalue weighted by atomic mass is 32.2. The van der Waals surface area contributed by atoms with Crippen LogP contribution in [0, 0.1) is 0 Å². The Bertz CT molecular complexity index is 728. The molecule has 1 N–H and O–H groups in total. The van der Waals surface area contributed by atoms with Gasteiger partial charge < -0.3 is 14.6 Å². The molecule has 1 aliphatic rings. The number of thioether (sulfide) groups is 2. The largest absolute Gasteiger partial charge is 0.493 e. The normalized spacial score (nSPS) is 17.5. The van der Waals surface area contributed by atoms with Gasteiger partial charge in [0.15, 0.2) is 11.5 Å². The number of hydrogen-bond donors (Lipinski definition) is 2. The number of thiol groups is 1. The zero-order valence-corrected chi connectivity index (χ0v) is 17.5. The lowest BCUT2D eigenvalue weighted by atomic mass is 9.98. The topological polar surface area (TPSA) is 38.7 Å². The van der Waals surface area contributed by atoms with Crippen molar-refractivity contribution in [2.45, 2.75) is 22.4 Å². The molecule has 1 saturated heterocycles. The van der Waals surface area contributed by atoms with E-state index in [4.69, 9.17) is 9.47 Å². The number of aliphatic hydroxyl groups is 1. The average Bonchev–Trinajstić information content (AvgIpc) is 2.73. The van der Waals surface area contributed by atoms with Crippen molar-refractivity contribution in [2.75, 3.05) is 25.7 Å². The standard InChI is InChI=1S/C20H24O3S3/c1-22-17-9-6-15(12-18(17)23-2)19(21)20(25-10-3-11-26-20)16-7-4-14(13-24)5-8-16/h4-9,12,19,21,24H,3,10-11,13H2,1-2H3. The lowest BCUT2D eigenvalue weighted by Gasteiger charge is -2.40. The van der Waals surface area contributed by atoms with Crippen LogP contribution in [0.15, 0.2) is 42.5 Å². The summed E-state index contributed by atoms with van der Waals surface area (Å²) in [6.07, 6.45) is 0.504. The summed E-state index contributed by atoms with van der Waals surface area (Å²) >= 11 is 8.00. The number of rotatable bonds is 6. The summed E-state index contributed by atoms with van der Waals surface area (Å²) in [5, 5.41) is 11.4. The van der Waals surface area contributed by atoms with Crippen LogP contribution in [0.25, 0.3) is 0 Å². The molecule has 1 atom stereocenters. The highest BCUT2D eigenvalue weighted by molar-refractivity contribution is 8.18. The van der Waals surface area contributed by atoms with Gasteiger partial charge in [-0.3, -0.25) is 0 Å². The van der Waals surface area contributed by atoms with E-state index in [1.807, 2.05) is 41.7 Å². The number of hydrogen-bond acceptors (Lipinski definition) is 6. The van der Waals surface area contributed by atoms with Crippen LogP contribution < -0.4 is 9.47 Å². The van der Waals surface area contributed by atoms with E-state index in [0.29, 0.717) is 17.3 Å².